The van der Waals surface area contributed by atoms with E-state index >= 15 is 0 Å². The number of ether oxygens (including phenoxy) is 1. The van der Waals surface area contributed by atoms with E-state index in [9.17, 15) is 10.1 Å². The highest BCUT2D eigenvalue weighted by Crippen LogP contribution is 2.27. The molecule has 0 saturated carbocycles. The number of carbonyl (C=O) groups excluding carboxylic acids is 1. The highest BCUT2D eigenvalue weighted by atomic mass is 16.6. The van der Waals surface area contributed by atoms with E-state index in [0.717, 1.165) is 69.0 Å². The molecular weight excluding hydrogens is 486 g/mol. The number of epoxide rings is 1. The van der Waals surface area contributed by atoms with E-state index in [1.54, 1.807) is 13.1 Å². The molecule has 2 saturated heterocycles. The van der Waals surface area contributed by atoms with Gasteiger partial charge in [-0.15, -0.1) is 0 Å². The molecule has 7 heteroatoms. The molecule has 202 valence electrons. The first kappa shape index (κ1) is 26.8. The van der Waals surface area contributed by atoms with Crippen LogP contribution in [0.3, 0.4) is 0 Å². The Morgan fingerprint density at radius 1 is 1.21 bits per heavy atom. The number of piperidine rings is 1. The Morgan fingerprint density at radius 2 is 2.00 bits per heavy atom. The number of benzene rings is 1. The molecule has 0 bridgehead atoms. The van der Waals surface area contributed by atoms with E-state index in [1.165, 1.54) is 16.5 Å². The molecule has 1 aromatic carbocycles. The fourth-order valence-corrected chi connectivity index (χ4v) is 5.27. The lowest BCUT2D eigenvalue weighted by Gasteiger charge is -2.31. The summed E-state index contributed by atoms with van der Waals surface area (Å²) < 4.78 is 7.81. The number of hydrogen-bond donors (Lipinski definition) is 1. The topological polar surface area (TPSA) is 86.5 Å². The largest absolute Gasteiger partial charge is 0.373 e. The molecule has 7 nitrogen and oxygen atoms in total. The van der Waals surface area contributed by atoms with E-state index in [1.807, 2.05) is 30.9 Å². The zero-order valence-corrected chi connectivity index (χ0v) is 23.2. The van der Waals surface area contributed by atoms with E-state index < -0.39 is 5.41 Å². The molecule has 5 rings (SSSR count). The molecule has 2 aliphatic rings. The van der Waals surface area contributed by atoms with Crippen LogP contribution in [0.4, 0.5) is 5.69 Å². The van der Waals surface area contributed by atoms with Crippen LogP contribution >= 0.6 is 0 Å². The van der Waals surface area contributed by atoms with Crippen LogP contribution < -0.4 is 5.32 Å². The number of carbonyl (C=O) groups is 1. The minimum absolute atomic E-state index is 0.196. The molecule has 1 unspecified atom stereocenters. The van der Waals surface area contributed by atoms with E-state index in [2.05, 4.69) is 57.0 Å². The standard InChI is InChI=1S/C32H37N5O2/c1-23(38)36-15-12-24(13-16-36)6-7-25-8-10-30-26(17-25)18-28(37(30)20-29-21-39-29)5-4-14-34-27-9-11-31(35-19-27)32(2,3)22-33/h8-11,17-19,24,29,34H,6-7,12-16,20-21H2,1-3H3. The maximum absolute atomic E-state index is 11.6. The van der Waals surface area contributed by atoms with Crippen LogP contribution in [0.25, 0.3) is 10.9 Å². The molecule has 2 fully saturated rings. The van der Waals surface area contributed by atoms with Crippen molar-refractivity contribution < 1.29 is 9.53 Å². The van der Waals surface area contributed by atoms with Crippen molar-refractivity contribution in [2.45, 2.75) is 64.5 Å². The highest BCUT2D eigenvalue weighted by molar-refractivity contribution is 5.83. The molecule has 0 spiro atoms. The molecule has 2 aliphatic heterocycles. The van der Waals surface area contributed by atoms with E-state index in [0.29, 0.717) is 12.5 Å². The predicted molar refractivity (Wildman–Crippen MR) is 153 cm³/mol. The van der Waals surface area contributed by atoms with Gasteiger partial charge in [-0.05, 0) is 87.3 Å². The van der Waals surface area contributed by atoms with Gasteiger partial charge in [-0.25, -0.2) is 0 Å². The van der Waals surface area contributed by atoms with Gasteiger partial charge >= 0.3 is 0 Å². The van der Waals surface area contributed by atoms with Crippen molar-refractivity contribution in [3.8, 4) is 17.9 Å². The van der Waals surface area contributed by atoms with Crippen molar-refractivity contribution in [3.63, 3.8) is 0 Å². The van der Waals surface area contributed by atoms with Gasteiger partial charge in [0.05, 0.1) is 60.6 Å². The van der Waals surface area contributed by atoms with Crippen molar-refractivity contribution in [3.05, 3.63) is 59.5 Å². The number of pyridine rings is 1. The Hall–Kier alpha value is -3.81. The van der Waals surface area contributed by atoms with Crippen LogP contribution in [-0.2, 0) is 27.9 Å². The summed E-state index contributed by atoms with van der Waals surface area (Å²) in [4.78, 5) is 18.0. The monoisotopic (exact) mass is 523 g/mol. The first-order valence-corrected chi connectivity index (χ1v) is 13.9. The molecule has 2 aromatic heterocycles. The van der Waals surface area contributed by atoms with Crippen LogP contribution in [-0.4, -0.2) is 52.7 Å². The SMILES string of the molecule is CC(=O)N1CCC(CCc2ccc3c(c2)cc(C#CCNc2ccc(C(C)(C)C#N)nc2)n3CC2CO2)CC1. The summed E-state index contributed by atoms with van der Waals surface area (Å²) in [6, 6.07) is 15.1. The third kappa shape index (κ3) is 6.61. The van der Waals surface area contributed by atoms with E-state index in [-0.39, 0.29) is 12.0 Å². The lowest BCUT2D eigenvalue weighted by molar-refractivity contribution is -0.130. The van der Waals surface area contributed by atoms with Gasteiger partial charge in [-0.1, -0.05) is 12.0 Å². The zero-order valence-electron chi connectivity index (χ0n) is 23.2. The van der Waals surface area contributed by atoms with Crippen molar-refractivity contribution in [2.24, 2.45) is 5.92 Å². The van der Waals surface area contributed by atoms with Crippen molar-refractivity contribution in [1.29, 1.82) is 5.26 Å². The number of nitriles is 1. The van der Waals surface area contributed by atoms with Gasteiger partial charge in [0, 0.05) is 30.9 Å². The summed E-state index contributed by atoms with van der Waals surface area (Å²) in [7, 11) is 0. The highest BCUT2D eigenvalue weighted by Gasteiger charge is 2.25. The van der Waals surface area contributed by atoms with Crippen LogP contribution in [0.1, 0.15) is 57.0 Å². The average molecular weight is 524 g/mol. The number of aryl methyl sites for hydroxylation is 1. The maximum atomic E-state index is 11.6. The van der Waals surface area contributed by atoms with Crippen molar-refractivity contribution >= 4 is 22.5 Å². The fourth-order valence-electron chi connectivity index (χ4n) is 5.27. The number of likely N-dealkylation sites (tertiary alicyclic amines) is 1. The fraction of sp³-hybridized carbons (Fsp3) is 0.469. The summed E-state index contributed by atoms with van der Waals surface area (Å²) in [6.45, 7) is 9.30. The second-order valence-corrected chi connectivity index (χ2v) is 11.3. The molecule has 1 atom stereocenters. The van der Waals surface area contributed by atoms with Gasteiger partial charge in [0.1, 0.15) is 0 Å². The number of amides is 1. The third-order valence-electron chi connectivity index (χ3n) is 7.94. The van der Waals surface area contributed by atoms with E-state index in [4.69, 9.17) is 4.74 Å². The number of aromatic nitrogens is 2. The average Bonchev–Trinajstić information content (AvgIpc) is 3.71. The van der Waals surface area contributed by atoms with Gasteiger partial charge in [0.15, 0.2) is 0 Å². The number of hydrogen-bond acceptors (Lipinski definition) is 5. The minimum atomic E-state index is -0.606. The van der Waals surface area contributed by atoms with Crippen LogP contribution in [0.5, 0.6) is 0 Å². The Bertz CT molecular complexity index is 1430. The summed E-state index contributed by atoms with van der Waals surface area (Å²) in [6.07, 6.45) is 6.45. The van der Waals surface area contributed by atoms with Crippen LogP contribution in [0.2, 0.25) is 0 Å². The Morgan fingerprint density at radius 3 is 2.67 bits per heavy atom. The molecule has 1 N–H and O–H groups in total. The molecule has 3 aromatic rings. The molecule has 1 amide bonds. The number of rotatable bonds is 8. The minimum Gasteiger partial charge on any atom is -0.373 e. The molecule has 39 heavy (non-hydrogen) atoms. The van der Waals surface area contributed by atoms with Gasteiger partial charge < -0.3 is 19.5 Å². The first-order chi connectivity index (χ1) is 18.8. The molecule has 0 radical (unpaired) electrons. The summed E-state index contributed by atoms with van der Waals surface area (Å²) in [5.41, 5.74) is 4.58. The number of nitrogens with one attached hydrogen (secondary N) is 1. The lowest BCUT2D eigenvalue weighted by atomic mass is 9.90. The second kappa shape index (κ2) is 11.5. The lowest BCUT2D eigenvalue weighted by Crippen LogP contribution is -2.37. The molecule has 0 aliphatic carbocycles. The van der Waals surface area contributed by atoms with Crippen molar-refractivity contribution in [2.75, 3.05) is 31.6 Å². The summed E-state index contributed by atoms with van der Waals surface area (Å²) >= 11 is 0. The van der Waals surface area contributed by atoms with Gasteiger partial charge in [-0.3, -0.25) is 9.78 Å². The normalized spacial score (nSPS) is 17.4. The molecular formula is C32H37N5O2. The Balaban J connectivity index is 1.23. The van der Waals surface area contributed by atoms with Gasteiger partial charge in [0.2, 0.25) is 5.91 Å². The first-order valence-electron chi connectivity index (χ1n) is 13.9. The number of nitrogens with zero attached hydrogens (tertiary/aromatic N) is 4. The maximum Gasteiger partial charge on any atom is 0.219 e. The van der Waals surface area contributed by atoms with Gasteiger partial charge in [-0.2, -0.15) is 5.26 Å². The number of fused-ring (bicyclic) bond motifs is 1. The van der Waals surface area contributed by atoms with Crippen LogP contribution in [0.15, 0.2) is 42.6 Å². The third-order valence-corrected chi connectivity index (χ3v) is 7.94. The van der Waals surface area contributed by atoms with Crippen LogP contribution in [0, 0.1) is 29.1 Å². The predicted octanol–water partition coefficient (Wildman–Crippen LogP) is 4.89. The quantitative estimate of drug-likeness (QED) is 0.336. The number of anilines is 1. The summed E-state index contributed by atoms with van der Waals surface area (Å²) in [5, 5.41) is 13.8. The Kier molecular flexibility index (Phi) is 7.91. The Labute approximate surface area is 231 Å². The zero-order chi connectivity index (χ0) is 27.4. The van der Waals surface area contributed by atoms with Gasteiger partial charge in [0.25, 0.3) is 0 Å². The second-order valence-electron chi connectivity index (χ2n) is 11.3. The smallest absolute Gasteiger partial charge is 0.219 e. The molecule has 4 heterocycles. The summed E-state index contributed by atoms with van der Waals surface area (Å²) in [5.74, 6) is 7.51. The van der Waals surface area contributed by atoms with Crippen molar-refractivity contribution in [1.82, 2.24) is 14.5 Å².